The molecule has 0 bridgehead atoms. The third kappa shape index (κ3) is 3.68. The van der Waals surface area contributed by atoms with Crippen molar-refractivity contribution >= 4 is 5.82 Å². The molecule has 0 amide bonds. The summed E-state index contributed by atoms with van der Waals surface area (Å²) in [5.41, 5.74) is 1.10. The van der Waals surface area contributed by atoms with Gasteiger partial charge in [0.2, 0.25) is 0 Å². The number of piperidine rings is 1. The van der Waals surface area contributed by atoms with E-state index in [-0.39, 0.29) is 0 Å². The number of aromatic nitrogens is 1. The maximum absolute atomic E-state index is 9.24. The first-order valence-corrected chi connectivity index (χ1v) is 6.85. The topological polar surface area (TPSA) is 48.4 Å². The Morgan fingerprint density at radius 2 is 2.39 bits per heavy atom. The average molecular weight is 249 g/mol. The van der Waals surface area contributed by atoms with Gasteiger partial charge in [0.25, 0.3) is 0 Å². The van der Waals surface area contributed by atoms with Crippen molar-refractivity contribution in [1.82, 2.24) is 9.88 Å². The number of hydrogen-bond donors (Lipinski definition) is 2. The smallest absolute Gasteiger partial charge is 0.126 e. The number of hydrogen-bond acceptors (Lipinski definition) is 4. The van der Waals surface area contributed by atoms with Gasteiger partial charge in [-0.3, -0.25) is 4.90 Å². The molecule has 2 N–H and O–H groups in total. The van der Waals surface area contributed by atoms with Crippen LogP contribution in [0.4, 0.5) is 5.82 Å². The van der Waals surface area contributed by atoms with E-state index in [1.165, 1.54) is 6.42 Å². The zero-order chi connectivity index (χ0) is 12.8. The van der Waals surface area contributed by atoms with Gasteiger partial charge in [-0.25, -0.2) is 4.98 Å². The molecule has 2 rings (SSSR count). The summed E-state index contributed by atoms with van der Waals surface area (Å²) in [5.74, 6) is 1.39. The lowest BCUT2D eigenvalue weighted by atomic mass is 9.99. The van der Waals surface area contributed by atoms with Gasteiger partial charge in [0.15, 0.2) is 0 Å². The first-order valence-electron chi connectivity index (χ1n) is 6.85. The summed E-state index contributed by atoms with van der Waals surface area (Å²) in [6.07, 6.45) is 2.33. The van der Waals surface area contributed by atoms with E-state index in [4.69, 9.17) is 0 Å². The summed E-state index contributed by atoms with van der Waals surface area (Å²) in [4.78, 5) is 6.98. The van der Waals surface area contributed by atoms with Crippen molar-refractivity contribution in [2.24, 2.45) is 5.92 Å². The number of aliphatic hydroxyl groups is 1. The number of aliphatic hydroxyl groups excluding tert-OH is 1. The summed E-state index contributed by atoms with van der Waals surface area (Å²) in [6, 6.07) is 6.12. The van der Waals surface area contributed by atoms with Crippen LogP contribution in [0.5, 0.6) is 0 Å². The highest BCUT2D eigenvalue weighted by atomic mass is 16.3. The molecule has 1 aromatic rings. The van der Waals surface area contributed by atoms with E-state index in [0.29, 0.717) is 12.5 Å². The van der Waals surface area contributed by atoms with E-state index < -0.39 is 0 Å². The Labute approximate surface area is 109 Å². The molecule has 1 unspecified atom stereocenters. The molecule has 1 aromatic heterocycles. The van der Waals surface area contributed by atoms with E-state index in [9.17, 15) is 5.11 Å². The molecule has 4 heteroatoms. The SMILES string of the molecule is CCNc1cccc(CN2CCCC(CO)C2)n1. The minimum Gasteiger partial charge on any atom is -0.396 e. The molecule has 1 aliphatic heterocycles. The van der Waals surface area contributed by atoms with E-state index in [2.05, 4.69) is 28.2 Å². The van der Waals surface area contributed by atoms with Crippen molar-refractivity contribution in [3.05, 3.63) is 23.9 Å². The van der Waals surface area contributed by atoms with Crippen LogP contribution in [0.1, 0.15) is 25.5 Å². The van der Waals surface area contributed by atoms with E-state index in [1.54, 1.807) is 0 Å². The van der Waals surface area contributed by atoms with Crippen molar-refractivity contribution in [2.45, 2.75) is 26.3 Å². The van der Waals surface area contributed by atoms with E-state index in [1.807, 2.05) is 12.1 Å². The molecule has 1 fully saturated rings. The Bertz CT molecular complexity index is 370. The highest BCUT2D eigenvalue weighted by molar-refractivity contribution is 5.34. The monoisotopic (exact) mass is 249 g/mol. The van der Waals surface area contributed by atoms with Crippen LogP contribution in [0.2, 0.25) is 0 Å². The molecule has 1 aliphatic rings. The Morgan fingerprint density at radius 3 is 3.17 bits per heavy atom. The summed E-state index contributed by atoms with van der Waals surface area (Å²) < 4.78 is 0. The molecule has 4 nitrogen and oxygen atoms in total. The van der Waals surface area contributed by atoms with Gasteiger partial charge in [-0.1, -0.05) is 6.07 Å². The van der Waals surface area contributed by atoms with Gasteiger partial charge in [0, 0.05) is 26.2 Å². The molecule has 100 valence electrons. The Hall–Kier alpha value is -1.13. The Balaban J connectivity index is 1.93. The zero-order valence-electron chi connectivity index (χ0n) is 11.1. The number of likely N-dealkylation sites (tertiary alicyclic amines) is 1. The van der Waals surface area contributed by atoms with E-state index >= 15 is 0 Å². The first-order chi connectivity index (χ1) is 8.81. The highest BCUT2D eigenvalue weighted by Crippen LogP contribution is 2.17. The third-order valence-corrected chi connectivity index (χ3v) is 3.41. The van der Waals surface area contributed by atoms with Crippen LogP contribution in [-0.2, 0) is 6.54 Å². The van der Waals surface area contributed by atoms with Crippen LogP contribution in [0, 0.1) is 5.92 Å². The first kappa shape index (κ1) is 13.3. The van der Waals surface area contributed by atoms with Gasteiger partial charge >= 0.3 is 0 Å². The summed E-state index contributed by atoms with van der Waals surface area (Å²) >= 11 is 0. The molecular formula is C14H23N3O. The summed E-state index contributed by atoms with van der Waals surface area (Å²) in [5, 5.41) is 12.5. The van der Waals surface area contributed by atoms with Gasteiger partial charge in [-0.2, -0.15) is 0 Å². The van der Waals surface area contributed by atoms with Gasteiger partial charge < -0.3 is 10.4 Å². The maximum atomic E-state index is 9.24. The van der Waals surface area contributed by atoms with Crippen molar-refractivity contribution < 1.29 is 5.11 Å². The van der Waals surface area contributed by atoms with Crippen molar-refractivity contribution in [3.63, 3.8) is 0 Å². The molecule has 1 atom stereocenters. The highest BCUT2D eigenvalue weighted by Gasteiger charge is 2.19. The Kier molecular flexibility index (Phi) is 4.96. The molecule has 0 spiro atoms. The minimum atomic E-state index is 0.307. The number of nitrogens with one attached hydrogen (secondary N) is 1. The lowest BCUT2D eigenvalue weighted by Crippen LogP contribution is -2.36. The lowest BCUT2D eigenvalue weighted by Gasteiger charge is -2.31. The fourth-order valence-electron chi connectivity index (χ4n) is 2.52. The zero-order valence-corrected chi connectivity index (χ0v) is 11.1. The molecule has 18 heavy (non-hydrogen) atoms. The normalized spacial score (nSPS) is 20.9. The molecule has 0 aromatic carbocycles. The lowest BCUT2D eigenvalue weighted by molar-refractivity contribution is 0.115. The standard InChI is InChI=1S/C14H23N3O/c1-2-15-14-7-3-6-13(16-14)10-17-8-4-5-12(9-17)11-18/h3,6-7,12,18H,2,4-5,8-11H2,1H3,(H,15,16). The average Bonchev–Trinajstić information content (AvgIpc) is 2.40. The predicted molar refractivity (Wildman–Crippen MR) is 73.5 cm³/mol. The van der Waals surface area contributed by atoms with Gasteiger partial charge in [-0.15, -0.1) is 0 Å². The molecule has 0 radical (unpaired) electrons. The van der Waals surface area contributed by atoms with Crippen molar-refractivity contribution in [1.29, 1.82) is 0 Å². The van der Waals surface area contributed by atoms with Crippen molar-refractivity contribution in [2.75, 3.05) is 31.6 Å². The van der Waals surface area contributed by atoms with Crippen LogP contribution >= 0.6 is 0 Å². The molecule has 1 saturated heterocycles. The molecule has 2 heterocycles. The summed E-state index contributed by atoms with van der Waals surface area (Å²) in [6.45, 7) is 6.27. The van der Waals surface area contributed by atoms with Gasteiger partial charge in [0.05, 0.1) is 5.69 Å². The maximum Gasteiger partial charge on any atom is 0.126 e. The van der Waals surface area contributed by atoms with Crippen LogP contribution in [0.25, 0.3) is 0 Å². The fraction of sp³-hybridized carbons (Fsp3) is 0.643. The van der Waals surface area contributed by atoms with Crippen LogP contribution < -0.4 is 5.32 Å². The van der Waals surface area contributed by atoms with Crippen LogP contribution in [-0.4, -0.2) is 41.2 Å². The third-order valence-electron chi connectivity index (χ3n) is 3.41. The second-order valence-corrected chi connectivity index (χ2v) is 4.97. The molecule has 0 saturated carbocycles. The molecular weight excluding hydrogens is 226 g/mol. The second kappa shape index (κ2) is 6.71. The largest absolute Gasteiger partial charge is 0.396 e. The fourth-order valence-corrected chi connectivity index (χ4v) is 2.52. The van der Waals surface area contributed by atoms with Crippen LogP contribution in [0.15, 0.2) is 18.2 Å². The van der Waals surface area contributed by atoms with Crippen molar-refractivity contribution in [3.8, 4) is 0 Å². The predicted octanol–water partition coefficient (Wildman–Crippen LogP) is 1.72. The van der Waals surface area contributed by atoms with E-state index in [0.717, 1.165) is 44.1 Å². The molecule has 0 aliphatic carbocycles. The number of nitrogens with zero attached hydrogens (tertiary/aromatic N) is 2. The quantitative estimate of drug-likeness (QED) is 0.834. The number of rotatable bonds is 5. The number of anilines is 1. The Morgan fingerprint density at radius 1 is 1.50 bits per heavy atom. The summed E-state index contributed by atoms with van der Waals surface area (Å²) in [7, 11) is 0. The minimum absolute atomic E-state index is 0.307. The second-order valence-electron chi connectivity index (χ2n) is 4.97. The van der Waals surface area contributed by atoms with Gasteiger partial charge in [0.1, 0.15) is 5.82 Å². The van der Waals surface area contributed by atoms with Gasteiger partial charge in [-0.05, 0) is 44.4 Å². The van der Waals surface area contributed by atoms with Crippen LogP contribution in [0.3, 0.4) is 0 Å². The number of pyridine rings is 1.